The van der Waals surface area contributed by atoms with E-state index < -0.39 is 15.8 Å². The van der Waals surface area contributed by atoms with E-state index in [1.165, 1.54) is 38.3 Å². The van der Waals surface area contributed by atoms with Gasteiger partial charge in [0, 0.05) is 6.04 Å². The Labute approximate surface area is 147 Å². The number of pyridine rings is 1. The lowest BCUT2D eigenvalue weighted by Crippen LogP contribution is -2.22. The van der Waals surface area contributed by atoms with Crippen LogP contribution in [0.15, 0.2) is 41.4 Å². The highest BCUT2D eigenvalue weighted by Gasteiger charge is 2.17. The van der Waals surface area contributed by atoms with Crippen LogP contribution in [0.2, 0.25) is 0 Å². The van der Waals surface area contributed by atoms with Crippen LogP contribution in [0.1, 0.15) is 37.7 Å². The van der Waals surface area contributed by atoms with Crippen molar-refractivity contribution in [3.05, 3.63) is 47.9 Å². The lowest BCUT2D eigenvalue weighted by Gasteiger charge is -2.23. The van der Waals surface area contributed by atoms with Gasteiger partial charge in [-0.25, -0.2) is 17.8 Å². The van der Waals surface area contributed by atoms with E-state index in [2.05, 4.69) is 15.0 Å². The van der Waals surface area contributed by atoms with Gasteiger partial charge in [-0.15, -0.1) is 0 Å². The first-order valence-electron chi connectivity index (χ1n) is 8.45. The summed E-state index contributed by atoms with van der Waals surface area (Å²) in [6.07, 6.45) is 7.69. The summed E-state index contributed by atoms with van der Waals surface area (Å²) in [5.74, 6) is -0.202. The molecule has 2 N–H and O–H groups in total. The van der Waals surface area contributed by atoms with Gasteiger partial charge in [-0.1, -0.05) is 19.3 Å². The van der Waals surface area contributed by atoms with Crippen LogP contribution in [0.3, 0.4) is 0 Å². The Balaban J connectivity index is 1.68. The Bertz CT molecular complexity index is 832. The minimum atomic E-state index is -3.79. The zero-order valence-corrected chi connectivity index (χ0v) is 14.9. The van der Waals surface area contributed by atoms with E-state index in [4.69, 9.17) is 0 Å². The number of anilines is 2. The van der Waals surface area contributed by atoms with E-state index in [1.54, 1.807) is 12.3 Å². The SMILES string of the molecule is Cc1cc(S(=O)(=O)Nc2ccc(NC3CCCCC3)cn2)ccc1F. The van der Waals surface area contributed by atoms with E-state index in [0.717, 1.165) is 24.6 Å². The maximum atomic E-state index is 13.3. The van der Waals surface area contributed by atoms with Gasteiger partial charge in [0.1, 0.15) is 11.6 Å². The highest BCUT2D eigenvalue weighted by atomic mass is 32.2. The predicted octanol–water partition coefficient (Wildman–Crippen LogP) is 4.07. The second-order valence-electron chi connectivity index (χ2n) is 6.43. The van der Waals surface area contributed by atoms with Crippen molar-refractivity contribution in [3.8, 4) is 0 Å². The fourth-order valence-corrected chi connectivity index (χ4v) is 4.10. The third-order valence-electron chi connectivity index (χ3n) is 4.42. The molecular weight excluding hydrogens is 341 g/mol. The molecule has 3 rings (SSSR count). The van der Waals surface area contributed by atoms with Gasteiger partial charge in [-0.3, -0.25) is 4.72 Å². The highest BCUT2D eigenvalue weighted by molar-refractivity contribution is 7.92. The number of nitrogens with one attached hydrogen (secondary N) is 2. The van der Waals surface area contributed by atoms with Crippen molar-refractivity contribution in [2.24, 2.45) is 0 Å². The Hall–Kier alpha value is -2.15. The molecule has 1 aromatic carbocycles. The summed E-state index contributed by atoms with van der Waals surface area (Å²) < 4.78 is 40.5. The molecule has 0 amide bonds. The minimum Gasteiger partial charge on any atom is -0.381 e. The van der Waals surface area contributed by atoms with Gasteiger partial charge >= 0.3 is 0 Å². The van der Waals surface area contributed by atoms with E-state index in [-0.39, 0.29) is 16.3 Å². The van der Waals surface area contributed by atoms with E-state index in [1.807, 2.05) is 6.07 Å². The monoisotopic (exact) mass is 363 g/mol. The van der Waals surface area contributed by atoms with Crippen molar-refractivity contribution in [1.29, 1.82) is 0 Å². The average molecular weight is 363 g/mol. The molecule has 0 bridgehead atoms. The molecule has 2 aromatic rings. The summed E-state index contributed by atoms with van der Waals surface area (Å²) in [7, 11) is -3.79. The second-order valence-corrected chi connectivity index (χ2v) is 8.11. The van der Waals surface area contributed by atoms with Crippen molar-refractivity contribution in [2.45, 2.75) is 50.0 Å². The number of sulfonamides is 1. The van der Waals surface area contributed by atoms with Crippen LogP contribution in [0, 0.1) is 12.7 Å². The first-order valence-corrected chi connectivity index (χ1v) is 9.94. The molecular formula is C18H22FN3O2S. The Morgan fingerprint density at radius 2 is 1.88 bits per heavy atom. The largest absolute Gasteiger partial charge is 0.381 e. The molecule has 1 aromatic heterocycles. The van der Waals surface area contributed by atoms with Crippen LogP contribution in [-0.2, 0) is 10.0 Å². The van der Waals surface area contributed by atoms with Crippen LogP contribution in [0.25, 0.3) is 0 Å². The summed E-state index contributed by atoms with van der Waals surface area (Å²) in [4.78, 5) is 4.18. The predicted molar refractivity (Wildman–Crippen MR) is 96.7 cm³/mol. The van der Waals surface area contributed by atoms with E-state index in [9.17, 15) is 12.8 Å². The number of rotatable bonds is 5. The fraction of sp³-hybridized carbons (Fsp3) is 0.389. The molecule has 0 atom stereocenters. The number of nitrogens with zero attached hydrogens (tertiary/aromatic N) is 1. The molecule has 1 fully saturated rings. The lowest BCUT2D eigenvalue weighted by atomic mass is 9.95. The third kappa shape index (κ3) is 4.48. The number of hydrogen-bond acceptors (Lipinski definition) is 4. The van der Waals surface area contributed by atoms with Gasteiger partial charge in [-0.05, 0) is 55.7 Å². The standard InChI is InChI=1S/C18H22FN3O2S/c1-13-11-16(8-9-17(13)19)25(23,24)22-18-10-7-15(12-20-18)21-14-5-3-2-4-6-14/h7-12,14,21H,2-6H2,1H3,(H,20,22). The zero-order valence-electron chi connectivity index (χ0n) is 14.1. The molecule has 1 heterocycles. The summed E-state index contributed by atoms with van der Waals surface area (Å²) in [5.41, 5.74) is 1.16. The second kappa shape index (κ2) is 7.39. The summed E-state index contributed by atoms with van der Waals surface area (Å²) >= 11 is 0. The van der Waals surface area contributed by atoms with Gasteiger partial charge < -0.3 is 5.32 Å². The van der Waals surface area contributed by atoms with Gasteiger partial charge in [0.2, 0.25) is 0 Å². The van der Waals surface area contributed by atoms with E-state index >= 15 is 0 Å². The third-order valence-corrected chi connectivity index (χ3v) is 5.77. The summed E-state index contributed by atoms with van der Waals surface area (Å²) in [6.45, 7) is 1.53. The molecule has 1 aliphatic rings. The number of benzene rings is 1. The number of halogens is 1. The Morgan fingerprint density at radius 3 is 2.52 bits per heavy atom. The van der Waals surface area contributed by atoms with Crippen molar-refractivity contribution in [1.82, 2.24) is 4.98 Å². The van der Waals surface area contributed by atoms with Crippen LogP contribution < -0.4 is 10.0 Å². The molecule has 5 nitrogen and oxygen atoms in total. The Morgan fingerprint density at radius 1 is 1.12 bits per heavy atom. The van der Waals surface area contributed by atoms with Crippen LogP contribution in [0.4, 0.5) is 15.9 Å². The maximum absolute atomic E-state index is 13.3. The zero-order chi connectivity index (χ0) is 17.9. The molecule has 1 saturated carbocycles. The molecule has 25 heavy (non-hydrogen) atoms. The molecule has 1 aliphatic carbocycles. The number of aryl methyl sites for hydroxylation is 1. The summed E-state index contributed by atoms with van der Waals surface area (Å²) in [6, 6.07) is 7.59. The quantitative estimate of drug-likeness (QED) is 0.840. The van der Waals surface area contributed by atoms with E-state index in [0.29, 0.717) is 6.04 Å². The molecule has 0 aliphatic heterocycles. The molecule has 0 unspecified atom stereocenters. The van der Waals surface area contributed by atoms with Crippen LogP contribution in [-0.4, -0.2) is 19.4 Å². The Kier molecular flexibility index (Phi) is 5.22. The van der Waals surface area contributed by atoms with Gasteiger partial charge in [0.05, 0.1) is 16.8 Å². The first kappa shape index (κ1) is 17.7. The van der Waals surface area contributed by atoms with Crippen LogP contribution >= 0.6 is 0 Å². The number of hydrogen-bond donors (Lipinski definition) is 2. The first-order chi connectivity index (χ1) is 11.9. The minimum absolute atomic E-state index is 0.0117. The van der Waals surface area contributed by atoms with Gasteiger partial charge in [-0.2, -0.15) is 0 Å². The average Bonchev–Trinajstić information content (AvgIpc) is 2.60. The normalized spacial score (nSPS) is 15.8. The van der Waals surface area contributed by atoms with Gasteiger partial charge in [0.15, 0.2) is 0 Å². The maximum Gasteiger partial charge on any atom is 0.263 e. The molecule has 7 heteroatoms. The van der Waals surface area contributed by atoms with Crippen LogP contribution in [0.5, 0.6) is 0 Å². The fourth-order valence-electron chi connectivity index (χ4n) is 3.00. The van der Waals surface area contributed by atoms with Crippen molar-refractivity contribution in [3.63, 3.8) is 0 Å². The molecule has 134 valence electrons. The summed E-state index contributed by atoms with van der Waals surface area (Å²) in [5, 5.41) is 3.43. The van der Waals surface area contributed by atoms with Gasteiger partial charge in [0.25, 0.3) is 10.0 Å². The number of aromatic nitrogens is 1. The topological polar surface area (TPSA) is 71.1 Å². The van der Waals surface area contributed by atoms with Crippen molar-refractivity contribution in [2.75, 3.05) is 10.0 Å². The van der Waals surface area contributed by atoms with Crippen molar-refractivity contribution >= 4 is 21.5 Å². The molecule has 0 spiro atoms. The molecule has 0 radical (unpaired) electrons. The van der Waals surface area contributed by atoms with Crippen molar-refractivity contribution < 1.29 is 12.8 Å². The lowest BCUT2D eigenvalue weighted by molar-refractivity contribution is 0.462. The smallest absolute Gasteiger partial charge is 0.263 e. The highest BCUT2D eigenvalue weighted by Crippen LogP contribution is 2.22. The molecule has 0 saturated heterocycles.